The van der Waals surface area contributed by atoms with Crippen LogP contribution in [0.4, 0.5) is 0 Å². The molecule has 0 unspecified atom stereocenters. The van der Waals surface area contributed by atoms with Crippen molar-refractivity contribution in [3.05, 3.63) is 46.0 Å². The summed E-state index contributed by atoms with van der Waals surface area (Å²) in [7, 11) is 3.56. The van der Waals surface area contributed by atoms with Crippen LogP contribution in [0.5, 0.6) is 23.0 Å². The number of benzene rings is 2. The van der Waals surface area contributed by atoms with Crippen LogP contribution in [0.3, 0.4) is 0 Å². The summed E-state index contributed by atoms with van der Waals surface area (Å²) in [6, 6.07) is 4.91. The lowest BCUT2D eigenvalue weighted by Crippen LogP contribution is -2.53. The number of hydrogen-bond acceptors (Lipinski definition) is 14. The molecule has 9 rings (SSSR count). The monoisotopic (exact) mass is 900 g/mol. The van der Waals surface area contributed by atoms with Crippen molar-refractivity contribution in [3.63, 3.8) is 0 Å². The van der Waals surface area contributed by atoms with Crippen molar-refractivity contribution in [2.24, 2.45) is 33.9 Å². The first-order valence-corrected chi connectivity index (χ1v) is 25.4. The second kappa shape index (κ2) is 20.2. The van der Waals surface area contributed by atoms with Gasteiger partial charge in [-0.2, -0.15) is 0 Å². The number of nitrogens with zero attached hydrogens (tertiary/aromatic N) is 1. The highest BCUT2D eigenvalue weighted by atomic mass is 33.1. The summed E-state index contributed by atoms with van der Waals surface area (Å²) in [6.07, 6.45) is 9.84. The zero-order valence-corrected chi connectivity index (χ0v) is 38.3. The van der Waals surface area contributed by atoms with Crippen LogP contribution in [0.1, 0.15) is 119 Å². The molecule has 0 amide bonds. The number of carbonyl (C=O) groups is 1. The molecule has 0 aromatic heterocycles. The van der Waals surface area contributed by atoms with Gasteiger partial charge in [-0.3, -0.25) is 10.1 Å². The zero-order chi connectivity index (χ0) is 44.1. The van der Waals surface area contributed by atoms with Crippen LogP contribution in [0, 0.1) is 46.9 Å². The molecule has 0 radical (unpaired) electrons. The molecule has 4 heterocycles. The number of rotatable bonds is 3. The number of Topliss-reactive ketones (excluding diaryl/α,β-unsaturated/α-hetero) is 1. The minimum atomic E-state index is -1.20. The number of nitrogens with one attached hydrogen (secondary N) is 2. The number of hydrogen-bond donors (Lipinski definition) is 7. The van der Waals surface area contributed by atoms with Crippen LogP contribution in [0.15, 0.2) is 23.2 Å². The minimum absolute atomic E-state index is 0.00843. The van der Waals surface area contributed by atoms with E-state index in [9.17, 15) is 25.2 Å². The number of aryl methyl sites for hydroxylation is 2. The number of aliphatic hydroxyl groups excluding tert-OH is 3. The van der Waals surface area contributed by atoms with Crippen molar-refractivity contribution in [2.45, 2.75) is 147 Å². The van der Waals surface area contributed by atoms with E-state index in [1.165, 1.54) is 38.2 Å². The topological polar surface area (TPSA) is 188 Å². The standard InChI is InChI=1S/C49H64N4O8S2/c1-30(2)41-26-63-62-25-39-38-24-37-32-12-15-35(56)23-34(55)14-11-31-13-16-42(57)44(60-29-54)36(31)9-5-8-33(22-32)43(45(37)61-46(38)58)59-28-51-49(20-6-10-40(39)52-47(50)53-41)21-7-19-48(27-49)17-3-4-18-48/h13,16,22,30,35,38-41,46,51,54,56-58H,3-4,7-8,11-12,14-15,17-21,23-29H2,1-2H3,(H3,50,52,53)/t35-,38-,39-,40-,41+,46-,49-/m1/s1. The van der Waals surface area contributed by atoms with Crippen LogP contribution < -0.4 is 30.6 Å². The van der Waals surface area contributed by atoms with Gasteiger partial charge in [0.05, 0.1) is 23.8 Å². The molecule has 3 aliphatic carbocycles. The van der Waals surface area contributed by atoms with Crippen LogP contribution in [0.2, 0.25) is 0 Å². The first-order chi connectivity index (χ1) is 30.4. The Balaban J connectivity index is 1.25. The Hall–Kier alpha value is -3.76. The summed E-state index contributed by atoms with van der Waals surface area (Å²) in [4.78, 5) is 18.2. The normalized spacial score (nSPS) is 29.9. The van der Waals surface area contributed by atoms with E-state index in [-0.39, 0.29) is 72.1 Å². The minimum Gasteiger partial charge on any atom is -0.504 e. The van der Waals surface area contributed by atoms with Crippen molar-refractivity contribution in [1.82, 2.24) is 10.6 Å². The molecule has 4 aliphatic heterocycles. The number of fused-ring (bicyclic) bond motifs is 7. The second-order valence-corrected chi connectivity index (χ2v) is 21.6. The SMILES string of the molecule is CC(C)[C@@H]1CSSC[C@@H]2[C@H]3Cc4c5cc(c(c4O[C@H]3O)OCN[C@]3(CC#C[C@H]2NC(N)=N1)CCCC1(CCCC1)C3)CC#Cc1c(ccc(O)c1OCO)CCC(=O)C[C@H](O)CC5. The predicted molar refractivity (Wildman–Crippen MR) is 248 cm³/mol. The molecule has 2 fully saturated rings. The summed E-state index contributed by atoms with van der Waals surface area (Å²) in [6.45, 7) is 3.85. The summed E-state index contributed by atoms with van der Waals surface area (Å²) in [5.74, 6) is 16.2. The average Bonchev–Trinajstić information content (AvgIpc) is 3.69. The third-order valence-electron chi connectivity index (χ3n) is 14.4. The zero-order valence-electron chi connectivity index (χ0n) is 36.7. The Morgan fingerprint density at radius 1 is 0.984 bits per heavy atom. The number of phenolic OH excluding ortho intramolecular Hbond substituents is 1. The number of carbonyl (C=O) groups excluding carboxylic acids is 1. The average molecular weight is 901 g/mol. The molecule has 2 aromatic rings. The maximum Gasteiger partial charge on any atom is 0.201 e. The molecule has 14 heteroatoms. The Morgan fingerprint density at radius 3 is 2.60 bits per heavy atom. The van der Waals surface area contributed by atoms with Crippen LogP contribution >= 0.6 is 21.6 Å². The molecule has 2 aromatic carbocycles. The quantitative estimate of drug-likeness (QED) is 0.110. The van der Waals surface area contributed by atoms with E-state index in [1.54, 1.807) is 27.7 Å². The van der Waals surface area contributed by atoms with Gasteiger partial charge in [0.25, 0.3) is 0 Å². The van der Waals surface area contributed by atoms with E-state index in [4.69, 9.17) is 24.9 Å². The maximum atomic E-state index is 13.2. The van der Waals surface area contributed by atoms with E-state index < -0.39 is 25.2 Å². The maximum absolute atomic E-state index is 13.2. The molecular weight excluding hydrogens is 837 g/mol. The van der Waals surface area contributed by atoms with E-state index >= 15 is 0 Å². The lowest BCUT2D eigenvalue weighted by Gasteiger charge is -2.47. The van der Waals surface area contributed by atoms with Gasteiger partial charge in [0, 0.05) is 65.7 Å². The van der Waals surface area contributed by atoms with E-state index in [0.717, 1.165) is 41.7 Å². The Morgan fingerprint density at radius 2 is 1.79 bits per heavy atom. The van der Waals surface area contributed by atoms with Crippen LogP contribution in [-0.2, 0) is 30.5 Å². The van der Waals surface area contributed by atoms with Gasteiger partial charge in [-0.05, 0) is 86.3 Å². The number of ether oxygens (including phenoxy) is 3. The summed E-state index contributed by atoms with van der Waals surface area (Å²) >= 11 is 0. The van der Waals surface area contributed by atoms with Gasteiger partial charge in [0.1, 0.15) is 12.5 Å². The molecule has 7 atom stereocenters. The fourth-order valence-electron chi connectivity index (χ4n) is 10.9. The van der Waals surface area contributed by atoms with Crippen molar-refractivity contribution < 1.29 is 39.4 Å². The highest BCUT2D eigenvalue weighted by Gasteiger charge is 2.46. The fourth-order valence-corrected chi connectivity index (χ4v) is 13.8. The van der Waals surface area contributed by atoms with E-state index in [2.05, 4.69) is 54.2 Å². The number of ketones is 1. The highest BCUT2D eigenvalue weighted by molar-refractivity contribution is 8.76. The largest absolute Gasteiger partial charge is 0.504 e. The second-order valence-electron chi connectivity index (χ2n) is 19.0. The third-order valence-corrected chi connectivity index (χ3v) is 16.9. The molecule has 8 N–H and O–H groups in total. The molecule has 6 bridgehead atoms. The van der Waals surface area contributed by atoms with Gasteiger partial charge in [-0.1, -0.05) is 90.5 Å². The van der Waals surface area contributed by atoms with E-state index in [1.807, 2.05) is 0 Å². The predicted octanol–water partition coefficient (Wildman–Crippen LogP) is 5.90. The molecule has 340 valence electrons. The molecular formula is C49H64N4O8S2. The molecule has 12 nitrogen and oxygen atoms in total. The fraction of sp³-hybridized carbons (Fsp3) is 0.633. The molecule has 2 spiro atoms. The molecule has 0 saturated heterocycles. The van der Waals surface area contributed by atoms with Gasteiger partial charge in [-0.15, -0.1) is 0 Å². The van der Waals surface area contributed by atoms with Gasteiger partial charge in [0.15, 0.2) is 35.8 Å². The lowest BCUT2D eigenvalue weighted by atomic mass is 9.64. The lowest BCUT2D eigenvalue weighted by molar-refractivity contribution is -0.121. The number of nitrogens with two attached hydrogens (primary N) is 1. The number of aliphatic hydroxyl groups is 3. The Bertz CT molecular complexity index is 2160. The van der Waals surface area contributed by atoms with Gasteiger partial charge < -0.3 is 45.7 Å². The molecule has 7 aliphatic rings. The van der Waals surface area contributed by atoms with Crippen molar-refractivity contribution >= 4 is 33.3 Å². The Kier molecular flexibility index (Phi) is 14.7. The molecule has 63 heavy (non-hydrogen) atoms. The van der Waals surface area contributed by atoms with Gasteiger partial charge >= 0.3 is 0 Å². The summed E-state index contributed by atoms with van der Waals surface area (Å²) in [5.41, 5.74) is 10.4. The van der Waals surface area contributed by atoms with Crippen LogP contribution in [0.25, 0.3) is 0 Å². The first-order valence-electron chi connectivity index (χ1n) is 23.0. The third kappa shape index (κ3) is 10.5. The first kappa shape index (κ1) is 45.8. The number of aliphatic imine (C=N–C) groups is 1. The highest BCUT2D eigenvalue weighted by Crippen LogP contribution is 2.53. The summed E-state index contributed by atoms with van der Waals surface area (Å²) < 4.78 is 19.0. The van der Waals surface area contributed by atoms with Gasteiger partial charge in [0.2, 0.25) is 6.29 Å². The number of guanidine groups is 1. The van der Waals surface area contributed by atoms with Crippen molar-refractivity contribution in [2.75, 3.05) is 25.0 Å². The van der Waals surface area contributed by atoms with E-state index in [0.29, 0.717) is 72.4 Å². The Labute approximate surface area is 380 Å². The molecule has 2 saturated carbocycles. The van der Waals surface area contributed by atoms with Crippen molar-refractivity contribution in [3.8, 4) is 46.7 Å². The van der Waals surface area contributed by atoms with Gasteiger partial charge in [-0.25, -0.2) is 4.99 Å². The number of phenols is 1. The smallest absolute Gasteiger partial charge is 0.201 e. The van der Waals surface area contributed by atoms with Crippen LogP contribution in [-0.4, -0.2) is 87.2 Å². The summed E-state index contributed by atoms with van der Waals surface area (Å²) in [5, 5.41) is 51.4. The van der Waals surface area contributed by atoms with Crippen molar-refractivity contribution in [1.29, 1.82) is 0 Å². The number of aromatic hydroxyl groups is 1.